The zero-order valence-corrected chi connectivity index (χ0v) is 14.7. The Bertz CT molecular complexity index is 888. The molecule has 0 bridgehead atoms. The van der Waals surface area contributed by atoms with Crippen LogP contribution in [0.2, 0.25) is 0 Å². The van der Waals surface area contributed by atoms with Gasteiger partial charge in [0, 0.05) is 24.0 Å². The second kappa shape index (κ2) is 6.92. The summed E-state index contributed by atoms with van der Waals surface area (Å²) >= 11 is 0. The molecule has 0 spiro atoms. The van der Waals surface area contributed by atoms with Gasteiger partial charge >= 0.3 is 0 Å². The summed E-state index contributed by atoms with van der Waals surface area (Å²) in [6, 6.07) is 10.8. The Labute approximate surface area is 151 Å². The molecule has 132 valence electrons. The van der Waals surface area contributed by atoms with Gasteiger partial charge in [0.25, 0.3) is 0 Å². The monoisotopic (exact) mass is 349 g/mol. The van der Waals surface area contributed by atoms with Crippen molar-refractivity contribution >= 4 is 29.1 Å². The van der Waals surface area contributed by atoms with Crippen LogP contribution in [0.4, 0.5) is 17.5 Å². The van der Waals surface area contributed by atoms with E-state index in [-0.39, 0.29) is 11.7 Å². The highest BCUT2D eigenvalue weighted by atomic mass is 16.2. The second-order valence-electron chi connectivity index (χ2n) is 6.25. The van der Waals surface area contributed by atoms with E-state index >= 15 is 0 Å². The van der Waals surface area contributed by atoms with E-state index in [9.17, 15) is 14.9 Å². The molecule has 1 aliphatic rings. The number of nitriles is 1. The van der Waals surface area contributed by atoms with E-state index in [0.717, 1.165) is 5.69 Å². The number of benzene rings is 1. The van der Waals surface area contributed by atoms with E-state index in [0.29, 0.717) is 36.7 Å². The molecule has 1 fully saturated rings. The van der Waals surface area contributed by atoms with Crippen LogP contribution in [0.15, 0.2) is 36.5 Å². The molecular formula is C19H19N5O2. The van der Waals surface area contributed by atoms with Crippen LogP contribution in [0, 0.1) is 16.7 Å². The fourth-order valence-electron chi connectivity index (χ4n) is 2.98. The lowest BCUT2D eigenvalue weighted by atomic mass is 9.85. The van der Waals surface area contributed by atoms with Crippen molar-refractivity contribution in [2.24, 2.45) is 5.41 Å². The van der Waals surface area contributed by atoms with E-state index in [2.05, 4.69) is 21.4 Å². The number of nitrogens with one attached hydrogen (secondary N) is 1. The van der Waals surface area contributed by atoms with Gasteiger partial charge in [-0.1, -0.05) is 6.92 Å². The first-order chi connectivity index (χ1) is 12.5. The van der Waals surface area contributed by atoms with E-state index in [1.807, 2.05) is 6.92 Å². The molecule has 2 aromatic rings. The van der Waals surface area contributed by atoms with Crippen LogP contribution in [0.3, 0.4) is 0 Å². The number of anilines is 3. The van der Waals surface area contributed by atoms with Crippen LogP contribution in [-0.2, 0) is 4.79 Å². The van der Waals surface area contributed by atoms with Gasteiger partial charge in [0.1, 0.15) is 11.2 Å². The van der Waals surface area contributed by atoms with Crippen molar-refractivity contribution in [3.8, 4) is 6.07 Å². The standard InChI is InChI=1S/C19H19N5O2/c1-3-19(12-20)9-11-24(17(19)26)16-8-10-21-18(23-16)22-15-6-4-14(5-7-15)13(2)25/h4-8,10H,3,9,11H2,1-2H3,(H,21,22,23). The van der Waals surface area contributed by atoms with Crippen LogP contribution >= 0.6 is 0 Å². The Kier molecular flexibility index (Phi) is 4.67. The number of carbonyl (C=O) groups excluding carboxylic acids is 2. The van der Waals surface area contributed by atoms with Gasteiger partial charge in [-0.2, -0.15) is 10.2 Å². The Morgan fingerprint density at radius 2 is 2.08 bits per heavy atom. The SMILES string of the molecule is CCC1(C#N)CCN(c2ccnc(Nc3ccc(C(C)=O)cc3)n2)C1=O. The third-order valence-electron chi connectivity index (χ3n) is 4.70. The zero-order chi connectivity index (χ0) is 18.7. The lowest BCUT2D eigenvalue weighted by molar-refractivity contribution is -0.123. The number of amides is 1. The van der Waals surface area contributed by atoms with Gasteiger partial charge in [-0.3, -0.25) is 14.5 Å². The number of hydrogen-bond acceptors (Lipinski definition) is 6. The summed E-state index contributed by atoms with van der Waals surface area (Å²) in [7, 11) is 0. The molecule has 1 aliphatic heterocycles. The van der Waals surface area contributed by atoms with Gasteiger partial charge in [-0.15, -0.1) is 0 Å². The normalized spacial score (nSPS) is 19.3. The van der Waals surface area contributed by atoms with Gasteiger partial charge < -0.3 is 5.32 Å². The van der Waals surface area contributed by atoms with Crippen molar-refractivity contribution in [2.45, 2.75) is 26.7 Å². The minimum Gasteiger partial charge on any atom is -0.324 e. The van der Waals surface area contributed by atoms with E-state index in [4.69, 9.17) is 0 Å². The minimum atomic E-state index is -0.957. The Hall–Kier alpha value is -3.27. The summed E-state index contributed by atoms with van der Waals surface area (Å²) < 4.78 is 0. The smallest absolute Gasteiger partial charge is 0.248 e. The molecule has 3 rings (SSSR count). The van der Waals surface area contributed by atoms with Crippen LogP contribution < -0.4 is 10.2 Å². The van der Waals surface area contributed by atoms with Crippen LogP contribution in [0.1, 0.15) is 37.0 Å². The van der Waals surface area contributed by atoms with Crippen molar-refractivity contribution < 1.29 is 9.59 Å². The molecule has 7 nitrogen and oxygen atoms in total. The third kappa shape index (κ3) is 3.14. The van der Waals surface area contributed by atoms with Gasteiger partial charge in [0.05, 0.1) is 6.07 Å². The Balaban J connectivity index is 1.80. The molecule has 1 amide bonds. The van der Waals surface area contributed by atoms with E-state index in [1.54, 1.807) is 41.4 Å². The molecule has 1 aromatic heterocycles. The molecule has 1 atom stereocenters. The highest BCUT2D eigenvalue weighted by Crippen LogP contribution is 2.36. The van der Waals surface area contributed by atoms with E-state index < -0.39 is 5.41 Å². The maximum atomic E-state index is 12.7. The van der Waals surface area contributed by atoms with Gasteiger partial charge in [-0.05, 0) is 50.1 Å². The van der Waals surface area contributed by atoms with Crippen molar-refractivity contribution in [3.63, 3.8) is 0 Å². The predicted molar refractivity (Wildman–Crippen MR) is 97.1 cm³/mol. The number of rotatable bonds is 5. The first kappa shape index (κ1) is 17.5. The molecule has 2 heterocycles. The molecule has 1 aromatic carbocycles. The molecule has 1 N–H and O–H groups in total. The average Bonchev–Trinajstić information content (AvgIpc) is 2.99. The molecule has 0 aliphatic carbocycles. The molecule has 1 unspecified atom stereocenters. The lowest BCUT2D eigenvalue weighted by Gasteiger charge is -2.19. The fourth-order valence-corrected chi connectivity index (χ4v) is 2.98. The summed E-state index contributed by atoms with van der Waals surface area (Å²) in [5.41, 5.74) is 0.404. The number of nitrogens with zero attached hydrogens (tertiary/aromatic N) is 4. The van der Waals surface area contributed by atoms with Gasteiger partial charge in [-0.25, -0.2) is 4.98 Å². The number of carbonyl (C=O) groups is 2. The summed E-state index contributed by atoms with van der Waals surface area (Å²) in [5, 5.41) is 12.5. The third-order valence-corrected chi connectivity index (χ3v) is 4.70. The zero-order valence-electron chi connectivity index (χ0n) is 14.7. The summed E-state index contributed by atoms with van der Waals surface area (Å²) in [6.07, 6.45) is 2.55. The first-order valence-corrected chi connectivity index (χ1v) is 8.43. The lowest BCUT2D eigenvalue weighted by Crippen LogP contribution is -2.33. The maximum absolute atomic E-state index is 12.7. The fraction of sp³-hybridized carbons (Fsp3) is 0.316. The first-order valence-electron chi connectivity index (χ1n) is 8.43. The van der Waals surface area contributed by atoms with Crippen LogP contribution in [0.25, 0.3) is 0 Å². The number of ketones is 1. The van der Waals surface area contributed by atoms with Crippen molar-refractivity contribution in [1.29, 1.82) is 5.26 Å². The van der Waals surface area contributed by atoms with E-state index in [1.165, 1.54) is 6.92 Å². The number of hydrogen-bond donors (Lipinski definition) is 1. The predicted octanol–water partition coefficient (Wildman–Crippen LogP) is 3.08. The Morgan fingerprint density at radius 3 is 2.65 bits per heavy atom. The topological polar surface area (TPSA) is 99.0 Å². The largest absolute Gasteiger partial charge is 0.324 e. The van der Waals surface area contributed by atoms with Gasteiger partial charge in [0.15, 0.2) is 5.78 Å². The minimum absolute atomic E-state index is 0.000700. The molecule has 0 saturated carbocycles. The summed E-state index contributed by atoms with van der Waals surface area (Å²) in [6.45, 7) is 3.83. The molecular weight excluding hydrogens is 330 g/mol. The maximum Gasteiger partial charge on any atom is 0.248 e. The highest BCUT2D eigenvalue weighted by molar-refractivity contribution is 6.01. The van der Waals surface area contributed by atoms with Crippen LogP contribution in [0.5, 0.6) is 0 Å². The number of aromatic nitrogens is 2. The Morgan fingerprint density at radius 1 is 1.35 bits per heavy atom. The quantitative estimate of drug-likeness (QED) is 0.833. The highest BCUT2D eigenvalue weighted by Gasteiger charge is 2.46. The molecule has 1 saturated heterocycles. The molecule has 7 heteroatoms. The van der Waals surface area contributed by atoms with Crippen molar-refractivity contribution in [3.05, 3.63) is 42.1 Å². The van der Waals surface area contributed by atoms with Gasteiger partial charge in [0.2, 0.25) is 11.9 Å². The summed E-state index contributed by atoms with van der Waals surface area (Å²) in [5.74, 6) is 0.604. The van der Waals surface area contributed by atoms with Crippen molar-refractivity contribution in [2.75, 3.05) is 16.8 Å². The summed E-state index contributed by atoms with van der Waals surface area (Å²) in [4.78, 5) is 34.1. The molecule has 0 radical (unpaired) electrons. The average molecular weight is 349 g/mol. The molecule has 26 heavy (non-hydrogen) atoms. The van der Waals surface area contributed by atoms with Crippen LogP contribution in [-0.4, -0.2) is 28.2 Å². The van der Waals surface area contributed by atoms with Crippen molar-refractivity contribution in [1.82, 2.24) is 9.97 Å². The second-order valence-corrected chi connectivity index (χ2v) is 6.25. The number of Topliss-reactive ketones (excluding diaryl/α,β-unsaturated/α-hetero) is 1.